The predicted octanol–water partition coefficient (Wildman–Crippen LogP) is 2.68. The number of hydrogen-bond acceptors (Lipinski definition) is 4. The molecule has 108 valence electrons. The van der Waals surface area contributed by atoms with E-state index in [-0.39, 0.29) is 12.6 Å². The molecule has 0 radical (unpaired) electrons. The Morgan fingerprint density at radius 2 is 2.05 bits per heavy atom. The predicted molar refractivity (Wildman–Crippen MR) is 77.8 cm³/mol. The molecule has 1 unspecified atom stereocenters. The summed E-state index contributed by atoms with van der Waals surface area (Å²) in [5, 5.41) is 13.1. The molecule has 2 rings (SSSR count). The van der Waals surface area contributed by atoms with Crippen LogP contribution >= 0.6 is 0 Å². The van der Waals surface area contributed by atoms with Crippen molar-refractivity contribution in [3.63, 3.8) is 0 Å². The van der Waals surface area contributed by atoms with Crippen LogP contribution in [0.5, 0.6) is 5.75 Å². The molecule has 0 aliphatic heterocycles. The maximum absolute atomic E-state index is 9.93. The Kier molecular flexibility index (Phi) is 5.21. The molecule has 0 saturated heterocycles. The van der Waals surface area contributed by atoms with Crippen molar-refractivity contribution in [1.82, 2.24) is 5.32 Å². The van der Waals surface area contributed by atoms with E-state index in [0.29, 0.717) is 6.54 Å². The first-order valence-electron chi connectivity index (χ1n) is 6.80. The van der Waals surface area contributed by atoms with Gasteiger partial charge in [-0.1, -0.05) is 18.2 Å². The molecule has 1 aromatic heterocycles. The van der Waals surface area contributed by atoms with Gasteiger partial charge in [0.2, 0.25) is 0 Å². The van der Waals surface area contributed by atoms with Crippen LogP contribution < -0.4 is 10.1 Å². The van der Waals surface area contributed by atoms with E-state index in [4.69, 9.17) is 9.15 Å². The molecular weight excluding hydrogens is 254 g/mol. The summed E-state index contributed by atoms with van der Waals surface area (Å²) in [6.07, 6.45) is 1.08. The molecule has 0 aliphatic carbocycles. The van der Waals surface area contributed by atoms with Crippen LogP contribution in [-0.4, -0.2) is 24.4 Å². The van der Waals surface area contributed by atoms with E-state index in [0.717, 1.165) is 17.1 Å². The van der Waals surface area contributed by atoms with E-state index >= 15 is 0 Å². The zero-order valence-corrected chi connectivity index (χ0v) is 11.9. The second kappa shape index (κ2) is 7.12. The average Bonchev–Trinajstić information content (AvgIpc) is 2.98. The fourth-order valence-electron chi connectivity index (χ4n) is 1.91. The van der Waals surface area contributed by atoms with Crippen molar-refractivity contribution in [3.8, 4) is 5.75 Å². The van der Waals surface area contributed by atoms with Gasteiger partial charge in [0.25, 0.3) is 0 Å². The molecule has 4 heteroatoms. The third kappa shape index (κ3) is 4.11. The molecule has 0 fully saturated rings. The van der Waals surface area contributed by atoms with Gasteiger partial charge in [0.15, 0.2) is 0 Å². The Balaban J connectivity index is 1.73. The molecule has 2 N–H and O–H groups in total. The monoisotopic (exact) mass is 275 g/mol. The van der Waals surface area contributed by atoms with Crippen LogP contribution in [0.25, 0.3) is 0 Å². The quantitative estimate of drug-likeness (QED) is 0.815. The van der Waals surface area contributed by atoms with Gasteiger partial charge in [-0.15, -0.1) is 0 Å². The van der Waals surface area contributed by atoms with Crippen molar-refractivity contribution >= 4 is 0 Å². The maximum Gasteiger partial charge on any atom is 0.122 e. The zero-order chi connectivity index (χ0) is 14.4. The second-order valence-electron chi connectivity index (χ2n) is 4.88. The molecule has 0 amide bonds. The summed E-state index contributed by atoms with van der Waals surface area (Å²) in [6, 6.07) is 11.6. The van der Waals surface area contributed by atoms with E-state index in [2.05, 4.69) is 5.32 Å². The summed E-state index contributed by atoms with van der Waals surface area (Å²) in [4.78, 5) is 0. The topological polar surface area (TPSA) is 54.6 Å². The molecule has 4 nitrogen and oxygen atoms in total. The van der Waals surface area contributed by atoms with Crippen molar-refractivity contribution < 1.29 is 14.3 Å². The lowest BCUT2D eigenvalue weighted by Crippen LogP contribution is -2.33. The van der Waals surface area contributed by atoms with Crippen LogP contribution in [-0.2, 0) is 0 Å². The number of aliphatic hydroxyl groups excluding tert-OH is 1. The van der Waals surface area contributed by atoms with E-state index in [1.807, 2.05) is 50.2 Å². The van der Waals surface area contributed by atoms with Gasteiger partial charge in [-0.25, -0.2) is 0 Å². The van der Waals surface area contributed by atoms with Crippen molar-refractivity contribution in [2.24, 2.45) is 0 Å². The molecule has 0 spiro atoms. The highest BCUT2D eigenvalue weighted by Gasteiger charge is 2.11. The van der Waals surface area contributed by atoms with Crippen molar-refractivity contribution in [1.29, 1.82) is 0 Å². The molecule has 0 saturated carbocycles. The minimum atomic E-state index is -0.563. The summed E-state index contributed by atoms with van der Waals surface area (Å²) in [6.45, 7) is 4.70. The Bertz CT molecular complexity index is 510. The van der Waals surface area contributed by atoms with Crippen LogP contribution in [0.4, 0.5) is 0 Å². The van der Waals surface area contributed by atoms with E-state index in [9.17, 15) is 5.11 Å². The summed E-state index contributed by atoms with van der Waals surface area (Å²) in [5.74, 6) is 1.67. The number of rotatable bonds is 7. The molecule has 0 bridgehead atoms. The van der Waals surface area contributed by atoms with Crippen molar-refractivity contribution in [2.45, 2.75) is 26.0 Å². The third-order valence-electron chi connectivity index (χ3n) is 3.15. The normalized spacial score (nSPS) is 13.9. The fourth-order valence-corrected chi connectivity index (χ4v) is 1.91. The largest absolute Gasteiger partial charge is 0.491 e. The lowest BCUT2D eigenvalue weighted by molar-refractivity contribution is 0.103. The zero-order valence-electron chi connectivity index (χ0n) is 11.9. The van der Waals surface area contributed by atoms with Crippen LogP contribution in [0.3, 0.4) is 0 Å². The lowest BCUT2D eigenvalue weighted by Gasteiger charge is -2.17. The van der Waals surface area contributed by atoms with Gasteiger partial charge in [0.05, 0.1) is 12.3 Å². The van der Waals surface area contributed by atoms with Crippen LogP contribution in [0.2, 0.25) is 0 Å². The van der Waals surface area contributed by atoms with Crippen LogP contribution in [0.1, 0.15) is 24.3 Å². The molecular formula is C16H21NO3. The van der Waals surface area contributed by atoms with E-state index < -0.39 is 6.10 Å². The van der Waals surface area contributed by atoms with Gasteiger partial charge in [-0.3, -0.25) is 0 Å². The smallest absolute Gasteiger partial charge is 0.122 e. The molecule has 20 heavy (non-hydrogen) atoms. The first kappa shape index (κ1) is 14.6. The minimum absolute atomic E-state index is 0.0677. The summed E-state index contributed by atoms with van der Waals surface area (Å²) in [7, 11) is 0. The number of ether oxygens (including phenoxy) is 1. The third-order valence-corrected chi connectivity index (χ3v) is 3.15. The standard InChI is InChI=1S/C16H21NO3/c1-12-6-3-4-7-15(12)20-11-14(18)10-17-13(2)16-8-5-9-19-16/h3-9,13-14,17-18H,10-11H2,1-2H3/t13-,14?/m0/s1. The summed E-state index contributed by atoms with van der Waals surface area (Å²) < 4.78 is 10.9. The summed E-state index contributed by atoms with van der Waals surface area (Å²) in [5.41, 5.74) is 1.07. The Hall–Kier alpha value is -1.78. The highest BCUT2D eigenvalue weighted by Crippen LogP contribution is 2.16. The Labute approximate surface area is 119 Å². The van der Waals surface area contributed by atoms with Crippen LogP contribution in [0, 0.1) is 6.92 Å². The van der Waals surface area contributed by atoms with Crippen molar-refractivity contribution in [3.05, 3.63) is 54.0 Å². The number of benzene rings is 1. The number of furan rings is 1. The number of para-hydroxylation sites is 1. The molecule has 2 aromatic rings. The number of aryl methyl sites for hydroxylation is 1. The maximum atomic E-state index is 9.93. The highest BCUT2D eigenvalue weighted by molar-refractivity contribution is 5.31. The van der Waals surface area contributed by atoms with Gasteiger partial charge >= 0.3 is 0 Å². The van der Waals surface area contributed by atoms with Gasteiger partial charge < -0.3 is 19.6 Å². The van der Waals surface area contributed by atoms with Gasteiger partial charge in [0, 0.05) is 6.54 Å². The SMILES string of the molecule is Cc1ccccc1OCC(O)CN[C@@H](C)c1ccco1. The van der Waals surface area contributed by atoms with Gasteiger partial charge in [-0.2, -0.15) is 0 Å². The average molecular weight is 275 g/mol. The molecule has 0 aliphatic rings. The van der Waals surface area contributed by atoms with Gasteiger partial charge in [-0.05, 0) is 37.6 Å². The Morgan fingerprint density at radius 3 is 2.75 bits per heavy atom. The Morgan fingerprint density at radius 1 is 1.25 bits per heavy atom. The highest BCUT2D eigenvalue weighted by atomic mass is 16.5. The number of aliphatic hydroxyl groups is 1. The second-order valence-corrected chi connectivity index (χ2v) is 4.88. The summed E-state index contributed by atoms with van der Waals surface area (Å²) >= 11 is 0. The van der Waals surface area contributed by atoms with Crippen molar-refractivity contribution in [2.75, 3.05) is 13.2 Å². The fraction of sp³-hybridized carbons (Fsp3) is 0.375. The van der Waals surface area contributed by atoms with Crippen LogP contribution in [0.15, 0.2) is 47.1 Å². The van der Waals surface area contributed by atoms with Gasteiger partial charge in [0.1, 0.15) is 24.2 Å². The molecule has 2 atom stereocenters. The lowest BCUT2D eigenvalue weighted by atomic mass is 10.2. The first-order chi connectivity index (χ1) is 9.66. The minimum Gasteiger partial charge on any atom is -0.491 e. The number of hydrogen-bond donors (Lipinski definition) is 2. The van der Waals surface area contributed by atoms with E-state index in [1.54, 1.807) is 6.26 Å². The molecule has 1 aromatic carbocycles. The first-order valence-corrected chi connectivity index (χ1v) is 6.80. The molecule has 1 heterocycles. The van der Waals surface area contributed by atoms with E-state index in [1.165, 1.54) is 0 Å². The number of nitrogens with one attached hydrogen (secondary N) is 1.